The Balaban J connectivity index is 2.10. The zero-order chi connectivity index (χ0) is 25.2. The monoisotopic (exact) mass is 479 g/mol. The third-order valence-corrected chi connectivity index (χ3v) is 6.17. The molecule has 1 unspecified atom stereocenters. The van der Waals surface area contributed by atoms with Gasteiger partial charge in [-0.3, -0.25) is 0 Å². The first kappa shape index (κ1) is 26.2. The quantitative estimate of drug-likeness (QED) is 0.255. The number of hydrogen-bond acceptors (Lipinski definition) is 7. The summed E-state index contributed by atoms with van der Waals surface area (Å²) in [6.07, 6.45) is 22.1. The number of allylic oxidation sites excluding steroid dienone is 5. The van der Waals surface area contributed by atoms with Gasteiger partial charge in [0.15, 0.2) is 0 Å². The van der Waals surface area contributed by atoms with Crippen LogP contribution in [0.4, 0.5) is 10.2 Å². The van der Waals surface area contributed by atoms with Crippen molar-refractivity contribution in [2.75, 3.05) is 18.9 Å². The van der Waals surface area contributed by atoms with Crippen LogP contribution in [-0.2, 0) is 0 Å². The van der Waals surface area contributed by atoms with Gasteiger partial charge in [-0.1, -0.05) is 30.4 Å². The van der Waals surface area contributed by atoms with Crippen molar-refractivity contribution in [3.05, 3.63) is 76.8 Å². The van der Waals surface area contributed by atoms with E-state index in [1.807, 2.05) is 32.3 Å². The molecule has 0 saturated heterocycles. The lowest BCUT2D eigenvalue weighted by Crippen LogP contribution is -2.39. The van der Waals surface area contributed by atoms with E-state index in [-0.39, 0.29) is 6.04 Å². The summed E-state index contributed by atoms with van der Waals surface area (Å²) >= 11 is 0. The summed E-state index contributed by atoms with van der Waals surface area (Å²) in [7, 11) is 1.86. The van der Waals surface area contributed by atoms with Gasteiger partial charge in [0.05, 0.1) is 17.7 Å². The Kier molecular flexibility index (Phi) is 9.66. The Morgan fingerprint density at radius 3 is 2.71 bits per heavy atom. The smallest absolute Gasteiger partial charge is 0.137 e. The summed E-state index contributed by atoms with van der Waals surface area (Å²) in [5.74, 6) is 6.95. The molecule has 5 N–H and O–H groups in total. The molecule has 35 heavy (non-hydrogen) atoms. The molecule has 7 nitrogen and oxygen atoms in total. The van der Waals surface area contributed by atoms with E-state index in [1.165, 1.54) is 6.08 Å². The molecule has 0 aliphatic heterocycles. The van der Waals surface area contributed by atoms with E-state index in [2.05, 4.69) is 45.3 Å². The fourth-order valence-corrected chi connectivity index (χ4v) is 4.33. The van der Waals surface area contributed by atoms with E-state index >= 15 is 0 Å². The van der Waals surface area contributed by atoms with Crippen molar-refractivity contribution in [2.45, 2.75) is 58.0 Å². The number of nitrogens with two attached hydrogens (primary N) is 2. The van der Waals surface area contributed by atoms with Crippen molar-refractivity contribution in [3.63, 3.8) is 0 Å². The van der Waals surface area contributed by atoms with Gasteiger partial charge in [-0.2, -0.15) is 0 Å². The predicted molar refractivity (Wildman–Crippen MR) is 142 cm³/mol. The lowest BCUT2D eigenvalue weighted by atomic mass is 9.97. The highest BCUT2D eigenvalue weighted by molar-refractivity contribution is 5.54. The maximum absolute atomic E-state index is 13.0. The van der Waals surface area contributed by atoms with Crippen LogP contribution in [0.1, 0.15) is 46.0 Å². The molecule has 2 aliphatic carbocycles. The molecule has 2 aliphatic rings. The number of nitrogens with one attached hydrogen (secondary N) is 1. The van der Waals surface area contributed by atoms with Gasteiger partial charge < -0.3 is 21.0 Å². The number of halogens is 1. The van der Waals surface area contributed by atoms with E-state index in [9.17, 15) is 4.39 Å². The number of anilines is 1. The Labute approximate surface area is 207 Å². The highest BCUT2D eigenvalue weighted by Crippen LogP contribution is 2.27. The van der Waals surface area contributed by atoms with Crippen molar-refractivity contribution in [2.24, 2.45) is 11.6 Å². The van der Waals surface area contributed by atoms with E-state index in [0.717, 1.165) is 59.9 Å². The molecular formula is C27H38FN7. The van der Waals surface area contributed by atoms with Gasteiger partial charge >= 0.3 is 0 Å². The zero-order valence-corrected chi connectivity index (χ0v) is 21.0. The molecule has 1 saturated carbocycles. The van der Waals surface area contributed by atoms with Crippen molar-refractivity contribution >= 4 is 18.0 Å². The van der Waals surface area contributed by atoms with Crippen molar-refractivity contribution in [3.8, 4) is 0 Å². The summed E-state index contributed by atoms with van der Waals surface area (Å²) in [5.41, 5.74) is 9.20. The second kappa shape index (κ2) is 12.9. The molecular weight excluding hydrogens is 441 g/mol. The van der Waals surface area contributed by atoms with Gasteiger partial charge in [0.1, 0.15) is 12.1 Å². The van der Waals surface area contributed by atoms with Crippen LogP contribution in [0.5, 0.6) is 0 Å². The second-order valence-corrected chi connectivity index (χ2v) is 8.70. The molecule has 0 aromatic carbocycles. The number of rotatable bonds is 11. The third kappa shape index (κ3) is 7.05. The molecule has 1 heterocycles. The van der Waals surface area contributed by atoms with Gasteiger partial charge in [-0.15, -0.1) is 0 Å². The Morgan fingerprint density at radius 1 is 1.29 bits per heavy atom. The maximum Gasteiger partial charge on any atom is 0.137 e. The Morgan fingerprint density at radius 2 is 2.06 bits per heavy atom. The summed E-state index contributed by atoms with van der Waals surface area (Å²) in [5, 5.41) is 6.76. The van der Waals surface area contributed by atoms with Crippen molar-refractivity contribution in [1.29, 1.82) is 0 Å². The minimum atomic E-state index is -0.131. The van der Waals surface area contributed by atoms with E-state index in [0.29, 0.717) is 24.5 Å². The molecule has 1 aromatic rings. The molecule has 1 atom stereocenters. The number of fused-ring (bicyclic) bond motifs is 1. The SMILES string of the molecule is C\C=C/C(=C\C=C\F)C(C/C(N)=C/N(N)C1CC1)N(CC)C1=CCC/C=c2/ncnc(NC)c2=C1. The first-order chi connectivity index (χ1) is 17.0. The topological polar surface area (TPSA) is 96.3 Å². The van der Waals surface area contributed by atoms with Crippen molar-refractivity contribution in [1.82, 2.24) is 19.9 Å². The number of aromatic nitrogens is 2. The van der Waals surface area contributed by atoms with Crippen LogP contribution in [-0.4, -0.2) is 45.6 Å². The standard InChI is InChI=1S/C27H38FN7/c1-4-9-20(10-8-15-28)26(16-21(29)18-35(30)22-13-14-22)34(5-2)23-11-6-7-12-25-24(17-23)27(31-3)33-19-32-25/h4,8-12,15,17-19,22,26H,5-7,13-14,16,29-30H2,1-3H3,(H,31,32,33)/b9-4-,15-8+,20-10+,21-18-,23-11?,24-17?,25-12+. The van der Waals surface area contributed by atoms with Gasteiger partial charge in [0.25, 0.3) is 0 Å². The molecule has 188 valence electrons. The molecule has 8 heteroatoms. The minimum Gasteiger partial charge on any atom is -0.401 e. The molecule has 1 fully saturated rings. The molecule has 0 spiro atoms. The van der Waals surface area contributed by atoms with Crippen LogP contribution >= 0.6 is 0 Å². The first-order valence-electron chi connectivity index (χ1n) is 12.3. The maximum atomic E-state index is 13.0. The second-order valence-electron chi connectivity index (χ2n) is 8.70. The van der Waals surface area contributed by atoms with E-state index < -0.39 is 0 Å². The third-order valence-electron chi connectivity index (χ3n) is 6.17. The van der Waals surface area contributed by atoms with E-state index in [1.54, 1.807) is 17.4 Å². The summed E-state index contributed by atoms with van der Waals surface area (Å²) in [4.78, 5) is 11.2. The van der Waals surface area contributed by atoms with Crippen LogP contribution in [0.2, 0.25) is 0 Å². The van der Waals surface area contributed by atoms with Gasteiger partial charge in [-0.05, 0) is 57.3 Å². The predicted octanol–water partition coefficient (Wildman–Crippen LogP) is 2.96. The highest BCUT2D eigenvalue weighted by Gasteiger charge is 2.27. The lowest BCUT2D eigenvalue weighted by Gasteiger charge is -2.35. The minimum absolute atomic E-state index is 0.131. The van der Waals surface area contributed by atoms with Crippen LogP contribution in [0, 0.1) is 0 Å². The number of hydrazine groups is 1. The number of likely N-dealkylation sites (N-methyl/N-ethyl adjacent to an activating group) is 1. The number of hydrogen-bond donors (Lipinski definition) is 3. The zero-order valence-electron chi connectivity index (χ0n) is 21.0. The van der Waals surface area contributed by atoms with Crippen LogP contribution in [0.3, 0.4) is 0 Å². The normalized spacial score (nSPS) is 18.7. The Bertz CT molecular complexity index is 1130. The average Bonchev–Trinajstić information content (AvgIpc) is 3.68. The first-order valence-corrected chi connectivity index (χ1v) is 12.3. The van der Waals surface area contributed by atoms with Gasteiger partial charge in [0, 0.05) is 48.9 Å². The molecule has 3 rings (SSSR count). The number of nitrogens with zero attached hydrogens (tertiary/aromatic N) is 4. The lowest BCUT2D eigenvalue weighted by molar-refractivity contribution is 0.304. The Hall–Kier alpha value is -3.39. The fraction of sp³-hybridized carbons (Fsp3) is 0.407. The average molecular weight is 480 g/mol. The summed E-state index contributed by atoms with van der Waals surface area (Å²) < 4.78 is 13.0. The summed E-state index contributed by atoms with van der Waals surface area (Å²) in [6, 6.07) is 0.233. The van der Waals surface area contributed by atoms with Gasteiger partial charge in [0.2, 0.25) is 0 Å². The largest absolute Gasteiger partial charge is 0.401 e. The van der Waals surface area contributed by atoms with Crippen molar-refractivity contribution < 1.29 is 4.39 Å². The van der Waals surface area contributed by atoms with Crippen LogP contribution in [0.25, 0.3) is 12.2 Å². The summed E-state index contributed by atoms with van der Waals surface area (Å²) in [6.45, 7) is 4.80. The molecule has 1 aromatic heterocycles. The molecule has 0 amide bonds. The molecule has 0 radical (unpaired) electrons. The fourth-order valence-electron chi connectivity index (χ4n) is 4.33. The highest BCUT2D eigenvalue weighted by atomic mass is 19.1. The van der Waals surface area contributed by atoms with Crippen LogP contribution < -0.4 is 27.5 Å². The molecule has 0 bridgehead atoms. The van der Waals surface area contributed by atoms with E-state index in [4.69, 9.17) is 11.6 Å². The van der Waals surface area contributed by atoms with Crippen LogP contribution in [0.15, 0.2) is 66.2 Å². The van der Waals surface area contributed by atoms with Gasteiger partial charge in [-0.25, -0.2) is 20.2 Å².